The Morgan fingerprint density at radius 1 is 1.43 bits per heavy atom. The van der Waals surface area contributed by atoms with Crippen molar-refractivity contribution in [2.75, 3.05) is 11.4 Å². The fourth-order valence-electron chi connectivity index (χ4n) is 3.65. The number of fused-ring (bicyclic) bond motifs is 1. The standard InChI is InChI=1S/C15H12BrNO4/c16-8-3-1-2-4-9(8)17-7-15-6-5-10(21-15)11(14(19)20)12(15)13(17)18/h1-6,10-12H,7H2,(H,19,20)/t10-,11-,12+,15+/m1/s1. The number of hydrogen-bond acceptors (Lipinski definition) is 3. The Labute approximate surface area is 129 Å². The minimum atomic E-state index is -0.974. The van der Waals surface area contributed by atoms with E-state index in [1.807, 2.05) is 30.3 Å². The molecule has 21 heavy (non-hydrogen) atoms. The highest BCUT2D eigenvalue weighted by atomic mass is 79.9. The Morgan fingerprint density at radius 3 is 2.90 bits per heavy atom. The van der Waals surface area contributed by atoms with Gasteiger partial charge < -0.3 is 14.7 Å². The average Bonchev–Trinajstić information content (AvgIpc) is 3.08. The number of rotatable bonds is 2. The van der Waals surface area contributed by atoms with Gasteiger partial charge in [0.2, 0.25) is 5.91 Å². The number of para-hydroxylation sites is 1. The molecule has 0 saturated carbocycles. The lowest BCUT2D eigenvalue weighted by atomic mass is 9.77. The van der Waals surface area contributed by atoms with E-state index in [2.05, 4.69) is 15.9 Å². The highest BCUT2D eigenvalue weighted by Crippen LogP contribution is 2.53. The van der Waals surface area contributed by atoms with Crippen molar-refractivity contribution >= 4 is 33.5 Å². The third-order valence-electron chi connectivity index (χ3n) is 4.53. The van der Waals surface area contributed by atoms with E-state index in [-0.39, 0.29) is 5.91 Å². The zero-order chi connectivity index (χ0) is 14.8. The van der Waals surface area contributed by atoms with Crippen LogP contribution in [0.2, 0.25) is 0 Å². The molecule has 2 fully saturated rings. The Bertz CT molecular complexity index is 688. The summed E-state index contributed by atoms with van der Waals surface area (Å²) in [5.74, 6) is -2.59. The van der Waals surface area contributed by atoms with Crippen LogP contribution in [0, 0.1) is 11.8 Å². The van der Waals surface area contributed by atoms with Gasteiger partial charge in [-0.15, -0.1) is 0 Å². The Kier molecular flexibility index (Phi) is 2.59. The van der Waals surface area contributed by atoms with Crippen molar-refractivity contribution in [3.8, 4) is 0 Å². The molecule has 1 spiro atoms. The van der Waals surface area contributed by atoms with Gasteiger partial charge in [0.1, 0.15) is 11.5 Å². The van der Waals surface area contributed by atoms with Crippen LogP contribution in [0.5, 0.6) is 0 Å². The smallest absolute Gasteiger partial charge is 0.310 e. The van der Waals surface area contributed by atoms with Crippen LogP contribution < -0.4 is 4.90 Å². The molecule has 1 N–H and O–H groups in total. The first-order valence-electron chi connectivity index (χ1n) is 6.69. The molecule has 3 heterocycles. The van der Waals surface area contributed by atoms with Gasteiger partial charge in [0.15, 0.2) is 0 Å². The van der Waals surface area contributed by atoms with Crippen LogP contribution in [0.15, 0.2) is 40.9 Å². The molecule has 5 nitrogen and oxygen atoms in total. The van der Waals surface area contributed by atoms with Gasteiger partial charge in [0.05, 0.1) is 24.3 Å². The quantitative estimate of drug-likeness (QED) is 0.827. The van der Waals surface area contributed by atoms with E-state index in [1.165, 1.54) is 0 Å². The molecule has 3 aliphatic rings. The van der Waals surface area contributed by atoms with Gasteiger partial charge in [-0.2, -0.15) is 0 Å². The number of anilines is 1. The molecular weight excluding hydrogens is 338 g/mol. The van der Waals surface area contributed by atoms with Gasteiger partial charge in [-0.1, -0.05) is 24.3 Å². The van der Waals surface area contributed by atoms with E-state index >= 15 is 0 Å². The van der Waals surface area contributed by atoms with Crippen molar-refractivity contribution in [3.05, 3.63) is 40.9 Å². The van der Waals surface area contributed by atoms with Crippen LogP contribution in [0.1, 0.15) is 0 Å². The average molecular weight is 350 g/mol. The molecule has 4 rings (SSSR count). The highest BCUT2D eigenvalue weighted by Gasteiger charge is 2.67. The second kappa shape index (κ2) is 4.18. The van der Waals surface area contributed by atoms with Crippen molar-refractivity contribution in [2.24, 2.45) is 11.8 Å². The molecule has 108 valence electrons. The Hall–Kier alpha value is -1.66. The fourth-order valence-corrected chi connectivity index (χ4v) is 4.15. The van der Waals surface area contributed by atoms with Gasteiger partial charge in [-0.05, 0) is 28.1 Å². The topological polar surface area (TPSA) is 66.8 Å². The Morgan fingerprint density at radius 2 is 2.19 bits per heavy atom. The van der Waals surface area contributed by atoms with Crippen molar-refractivity contribution in [1.29, 1.82) is 0 Å². The number of ether oxygens (including phenoxy) is 1. The molecule has 3 aliphatic heterocycles. The number of carbonyl (C=O) groups is 2. The van der Waals surface area contributed by atoms with E-state index in [4.69, 9.17) is 4.74 Å². The van der Waals surface area contributed by atoms with E-state index < -0.39 is 29.5 Å². The second-order valence-corrected chi connectivity index (χ2v) is 6.47. The zero-order valence-corrected chi connectivity index (χ0v) is 12.5. The van der Waals surface area contributed by atoms with E-state index in [9.17, 15) is 14.7 Å². The second-order valence-electron chi connectivity index (χ2n) is 5.61. The van der Waals surface area contributed by atoms with Crippen molar-refractivity contribution < 1.29 is 19.4 Å². The normalized spacial score (nSPS) is 36.3. The van der Waals surface area contributed by atoms with E-state index in [1.54, 1.807) is 11.0 Å². The number of carboxylic acid groups (broad SMARTS) is 1. The lowest BCUT2D eigenvalue weighted by Crippen LogP contribution is -2.39. The molecule has 2 saturated heterocycles. The molecule has 1 amide bonds. The maximum atomic E-state index is 12.8. The van der Waals surface area contributed by atoms with Crippen LogP contribution in [-0.2, 0) is 14.3 Å². The summed E-state index contributed by atoms with van der Waals surface area (Å²) in [5.41, 5.74) is -0.0454. The number of aliphatic carboxylic acids is 1. The maximum Gasteiger partial charge on any atom is 0.310 e. The largest absolute Gasteiger partial charge is 0.481 e. The number of benzene rings is 1. The summed E-state index contributed by atoms with van der Waals surface area (Å²) in [5, 5.41) is 9.41. The van der Waals surface area contributed by atoms with Crippen molar-refractivity contribution in [2.45, 2.75) is 11.7 Å². The molecular formula is C15H12BrNO4. The van der Waals surface area contributed by atoms with Crippen LogP contribution in [0.25, 0.3) is 0 Å². The molecule has 6 heteroatoms. The molecule has 2 bridgehead atoms. The summed E-state index contributed by atoms with van der Waals surface area (Å²) >= 11 is 3.44. The zero-order valence-electron chi connectivity index (χ0n) is 10.9. The van der Waals surface area contributed by atoms with Gasteiger partial charge in [-0.25, -0.2) is 0 Å². The van der Waals surface area contributed by atoms with Crippen LogP contribution >= 0.6 is 15.9 Å². The number of halogens is 1. The lowest BCUT2D eigenvalue weighted by molar-refractivity contribution is -0.146. The monoisotopic (exact) mass is 349 g/mol. The summed E-state index contributed by atoms with van der Waals surface area (Å²) in [4.78, 5) is 25.9. The van der Waals surface area contributed by atoms with Gasteiger partial charge in [0.25, 0.3) is 0 Å². The summed E-state index contributed by atoms with van der Waals surface area (Å²) in [6.07, 6.45) is 3.14. The van der Waals surface area contributed by atoms with Crippen LogP contribution in [-0.4, -0.2) is 35.2 Å². The number of carboxylic acids is 1. The molecule has 1 aromatic carbocycles. The fraction of sp³-hybridized carbons (Fsp3) is 0.333. The van der Waals surface area contributed by atoms with Gasteiger partial charge in [-0.3, -0.25) is 9.59 Å². The van der Waals surface area contributed by atoms with Crippen LogP contribution in [0.3, 0.4) is 0 Å². The van der Waals surface area contributed by atoms with Gasteiger partial charge in [0, 0.05) is 4.47 Å². The van der Waals surface area contributed by atoms with E-state index in [0.29, 0.717) is 6.54 Å². The SMILES string of the molecule is O=C(O)[C@H]1[C@H]2C(=O)N(c3ccccc3Br)C[C@@]23C=C[C@H]1O3. The predicted molar refractivity (Wildman–Crippen MR) is 77.9 cm³/mol. The first-order valence-corrected chi connectivity index (χ1v) is 7.49. The number of amides is 1. The van der Waals surface area contributed by atoms with Crippen molar-refractivity contribution in [3.63, 3.8) is 0 Å². The highest BCUT2D eigenvalue weighted by molar-refractivity contribution is 9.10. The first-order chi connectivity index (χ1) is 10.0. The first kappa shape index (κ1) is 13.0. The minimum Gasteiger partial charge on any atom is -0.481 e. The number of nitrogens with zero attached hydrogens (tertiary/aromatic N) is 1. The summed E-state index contributed by atoms with van der Waals surface area (Å²) in [6.45, 7) is 0.357. The number of carbonyl (C=O) groups excluding carboxylic acids is 1. The molecule has 0 radical (unpaired) electrons. The summed E-state index contributed by atoms with van der Waals surface area (Å²) in [7, 11) is 0. The lowest BCUT2D eigenvalue weighted by Gasteiger charge is -2.22. The molecule has 4 atom stereocenters. The Balaban J connectivity index is 1.78. The van der Waals surface area contributed by atoms with Gasteiger partial charge >= 0.3 is 5.97 Å². The van der Waals surface area contributed by atoms with Crippen LogP contribution in [0.4, 0.5) is 5.69 Å². The third-order valence-corrected chi connectivity index (χ3v) is 5.20. The summed E-state index contributed by atoms with van der Waals surface area (Å²) in [6, 6.07) is 7.42. The predicted octanol–water partition coefficient (Wildman–Crippen LogP) is 1.82. The third kappa shape index (κ3) is 1.60. The molecule has 1 aromatic rings. The summed E-state index contributed by atoms with van der Waals surface area (Å²) < 4.78 is 6.66. The molecule has 0 unspecified atom stereocenters. The van der Waals surface area contributed by atoms with E-state index in [0.717, 1.165) is 10.2 Å². The maximum absolute atomic E-state index is 12.8. The molecule has 0 aromatic heterocycles. The number of hydrogen-bond donors (Lipinski definition) is 1. The van der Waals surface area contributed by atoms with Crippen molar-refractivity contribution in [1.82, 2.24) is 0 Å². The molecule has 0 aliphatic carbocycles. The minimum absolute atomic E-state index is 0.179.